The van der Waals surface area contributed by atoms with E-state index in [1.807, 2.05) is 0 Å². The first-order chi connectivity index (χ1) is 12.5. The molecule has 0 radical (unpaired) electrons. The molecule has 0 aromatic carbocycles. The molecule has 2 heterocycles. The van der Waals surface area contributed by atoms with Crippen molar-refractivity contribution in [3.8, 4) is 0 Å². The van der Waals surface area contributed by atoms with Crippen LogP contribution in [0, 0.1) is 0 Å². The first-order valence-electron chi connectivity index (χ1n) is 8.13. The Morgan fingerprint density at radius 2 is 2.07 bits per heavy atom. The normalized spacial score (nSPS) is 19.0. The fourth-order valence-corrected chi connectivity index (χ4v) is 5.71. The summed E-state index contributed by atoms with van der Waals surface area (Å²) in [5.74, 6) is -1.12. The van der Waals surface area contributed by atoms with E-state index in [2.05, 4.69) is 4.72 Å². The smallest absolute Gasteiger partial charge is 0.348 e. The largest absolute Gasteiger partial charge is 0.451 e. The predicted molar refractivity (Wildman–Crippen MR) is 101 cm³/mol. The quantitative estimate of drug-likeness (QED) is 0.549. The van der Waals surface area contributed by atoms with E-state index in [0.717, 1.165) is 22.5 Å². The van der Waals surface area contributed by atoms with Crippen molar-refractivity contribution in [1.29, 1.82) is 0 Å². The highest BCUT2D eigenvalue weighted by molar-refractivity contribution is 7.91. The highest BCUT2D eigenvalue weighted by Crippen LogP contribution is 2.19. The maximum absolute atomic E-state index is 12.1. The number of sulfone groups is 1. The average molecular weight is 439 g/mol. The molecule has 1 N–H and O–H groups in total. The van der Waals surface area contributed by atoms with Crippen LogP contribution >= 0.6 is 11.3 Å². The molecule has 1 fully saturated rings. The average Bonchev–Trinajstić information content (AvgIpc) is 3.16. The van der Waals surface area contributed by atoms with E-state index in [1.54, 1.807) is 12.1 Å². The molecule has 1 amide bonds. The van der Waals surface area contributed by atoms with Crippen molar-refractivity contribution in [3.05, 3.63) is 21.9 Å². The van der Waals surface area contributed by atoms with Crippen molar-refractivity contribution in [2.45, 2.75) is 18.9 Å². The number of nitrogens with one attached hydrogen (secondary N) is 1. The lowest BCUT2D eigenvalue weighted by atomic mass is 10.2. The van der Waals surface area contributed by atoms with Crippen LogP contribution in [0.15, 0.2) is 12.1 Å². The Bertz CT molecular complexity index is 906. The molecule has 1 aliphatic rings. The summed E-state index contributed by atoms with van der Waals surface area (Å²) < 4.78 is 52.4. The number of amides is 1. The van der Waals surface area contributed by atoms with Gasteiger partial charge in [-0.2, -0.15) is 0 Å². The molecule has 1 aromatic heterocycles. The molecular formula is C15H22N2O7S3. The van der Waals surface area contributed by atoms with Gasteiger partial charge in [0.25, 0.3) is 5.91 Å². The SMILES string of the molecule is CN(C(=O)COC(=O)c1ccc(CCNS(C)(=O)=O)s1)C1CCS(=O)(=O)C1. The monoisotopic (exact) mass is 438 g/mol. The number of esters is 1. The van der Waals surface area contributed by atoms with E-state index in [0.29, 0.717) is 17.7 Å². The summed E-state index contributed by atoms with van der Waals surface area (Å²) >= 11 is 1.16. The summed E-state index contributed by atoms with van der Waals surface area (Å²) in [5, 5.41) is 0. The number of carbonyl (C=O) groups excluding carboxylic acids is 2. The van der Waals surface area contributed by atoms with Crippen molar-refractivity contribution >= 4 is 43.1 Å². The van der Waals surface area contributed by atoms with Gasteiger partial charge in [0.1, 0.15) is 4.88 Å². The van der Waals surface area contributed by atoms with Gasteiger partial charge in [-0.25, -0.2) is 26.4 Å². The molecule has 1 aliphatic heterocycles. The lowest BCUT2D eigenvalue weighted by Gasteiger charge is -2.23. The predicted octanol–water partition coefficient (Wildman–Crippen LogP) is -0.358. The maximum Gasteiger partial charge on any atom is 0.348 e. The molecule has 0 aliphatic carbocycles. The van der Waals surface area contributed by atoms with Gasteiger partial charge in [-0.1, -0.05) is 0 Å². The molecule has 1 aromatic rings. The van der Waals surface area contributed by atoms with Gasteiger partial charge in [0.05, 0.1) is 17.8 Å². The molecule has 1 saturated heterocycles. The fraction of sp³-hybridized carbons (Fsp3) is 0.600. The van der Waals surface area contributed by atoms with E-state index in [-0.39, 0.29) is 18.1 Å². The molecule has 0 spiro atoms. The Hall–Kier alpha value is -1.50. The zero-order valence-corrected chi connectivity index (χ0v) is 17.5. The van der Waals surface area contributed by atoms with Gasteiger partial charge in [0.2, 0.25) is 10.0 Å². The van der Waals surface area contributed by atoms with Crippen molar-refractivity contribution < 1.29 is 31.2 Å². The summed E-state index contributed by atoms with van der Waals surface area (Å²) in [6, 6.07) is 2.86. The number of hydrogen-bond acceptors (Lipinski definition) is 8. The third-order valence-electron chi connectivity index (χ3n) is 4.07. The summed E-state index contributed by atoms with van der Waals surface area (Å²) in [5.41, 5.74) is 0. The molecule has 1 unspecified atom stereocenters. The van der Waals surface area contributed by atoms with Crippen LogP contribution in [0.2, 0.25) is 0 Å². The molecule has 2 rings (SSSR count). The van der Waals surface area contributed by atoms with Gasteiger partial charge in [-0.15, -0.1) is 11.3 Å². The van der Waals surface area contributed by atoms with E-state index in [9.17, 15) is 26.4 Å². The third-order valence-corrected chi connectivity index (χ3v) is 7.68. The van der Waals surface area contributed by atoms with Gasteiger partial charge in [0.15, 0.2) is 16.4 Å². The van der Waals surface area contributed by atoms with Crippen molar-refractivity contribution in [2.75, 3.05) is 38.0 Å². The van der Waals surface area contributed by atoms with Crippen LogP contribution in [0.3, 0.4) is 0 Å². The van der Waals surface area contributed by atoms with Gasteiger partial charge in [0, 0.05) is 24.5 Å². The highest BCUT2D eigenvalue weighted by atomic mass is 32.2. The second kappa shape index (κ2) is 8.67. The maximum atomic E-state index is 12.1. The number of ether oxygens (including phenoxy) is 1. The number of likely N-dealkylation sites (N-methyl/N-ethyl adjacent to an activating group) is 1. The minimum Gasteiger partial charge on any atom is -0.451 e. The Morgan fingerprint density at radius 3 is 2.67 bits per heavy atom. The molecule has 9 nitrogen and oxygen atoms in total. The van der Waals surface area contributed by atoms with E-state index in [1.165, 1.54) is 11.9 Å². The van der Waals surface area contributed by atoms with E-state index < -0.39 is 44.4 Å². The Morgan fingerprint density at radius 1 is 1.37 bits per heavy atom. The Labute approximate surface area is 162 Å². The number of hydrogen-bond donors (Lipinski definition) is 1. The summed E-state index contributed by atoms with van der Waals surface area (Å²) in [7, 11) is -4.87. The molecule has 0 bridgehead atoms. The zero-order chi connectivity index (χ0) is 20.2. The number of carbonyl (C=O) groups is 2. The van der Waals surface area contributed by atoms with Crippen molar-refractivity contribution in [2.24, 2.45) is 0 Å². The lowest BCUT2D eigenvalue weighted by Crippen LogP contribution is -2.40. The first-order valence-corrected chi connectivity index (χ1v) is 12.7. The molecule has 152 valence electrons. The molecule has 0 saturated carbocycles. The minimum atomic E-state index is -3.26. The Kier molecular flexibility index (Phi) is 7.00. The molecule has 12 heteroatoms. The number of sulfonamides is 1. The van der Waals surface area contributed by atoms with Crippen LogP contribution in [-0.2, 0) is 35.8 Å². The van der Waals surface area contributed by atoms with Crippen LogP contribution in [0.1, 0.15) is 21.0 Å². The second-order valence-electron chi connectivity index (χ2n) is 6.32. The standard InChI is InChI=1S/C15H22N2O7S3/c1-17(11-6-8-27(22,23)10-11)14(18)9-24-15(19)13-4-3-12(25-13)5-7-16-26(2,20)21/h3-4,11,16H,5-10H2,1-2H3. The highest BCUT2D eigenvalue weighted by Gasteiger charge is 2.33. The topological polar surface area (TPSA) is 127 Å². The molecule has 27 heavy (non-hydrogen) atoms. The van der Waals surface area contributed by atoms with Crippen LogP contribution in [0.25, 0.3) is 0 Å². The fourth-order valence-electron chi connectivity index (χ4n) is 2.57. The number of rotatable bonds is 8. The Balaban J connectivity index is 1.81. The van der Waals surface area contributed by atoms with Gasteiger partial charge >= 0.3 is 5.97 Å². The second-order valence-corrected chi connectivity index (χ2v) is 11.6. The lowest BCUT2D eigenvalue weighted by molar-refractivity contribution is -0.134. The molecular weight excluding hydrogens is 416 g/mol. The van der Waals surface area contributed by atoms with Gasteiger partial charge in [-0.3, -0.25) is 4.79 Å². The summed E-state index contributed by atoms with van der Waals surface area (Å²) in [6.45, 7) is -0.240. The van der Waals surface area contributed by atoms with Crippen LogP contribution < -0.4 is 4.72 Å². The van der Waals surface area contributed by atoms with Gasteiger partial charge < -0.3 is 9.64 Å². The molecule has 1 atom stereocenters. The van der Waals surface area contributed by atoms with Crippen molar-refractivity contribution in [3.63, 3.8) is 0 Å². The first kappa shape index (κ1) is 21.8. The summed E-state index contributed by atoms with van der Waals surface area (Å²) in [4.78, 5) is 26.6. The van der Waals surface area contributed by atoms with Crippen molar-refractivity contribution in [1.82, 2.24) is 9.62 Å². The van der Waals surface area contributed by atoms with Crippen LogP contribution in [0.4, 0.5) is 0 Å². The van der Waals surface area contributed by atoms with Gasteiger partial charge in [-0.05, 0) is 25.0 Å². The third kappa shape index (κ3) is 6.87. The summed E-state index contributed by atoms with van der Waals surface area (Å²) in [6.07, 6.45) is 1.89. The zero-order valence-electron chi connectivity index (χ0n) is 15.0. The minimum absolute atomic E-state index is 0.0568. The van der Waals surface area contributed by atoms with E-state index in [4.69, 9.17) is 4.74 Å². The number of thiophene rings is 1. The van der Waals surface area contributed by atoms with E-state index >= 15 is 0 Å². The number of nitrogens with zero attached hydrogens (tertiary/aromatic N) is 1. The van der Waals surface area contributed by atoms with Crippen LogP contribution in [0.5, 0.6) is 0 Å². The van der Waals surface area contributed by atoms with Crippen LogP contribution in [-0.4, -0.2) is 77.6 Å².